The molecule has 0 atom stereocenters. The molecule has 0 amide bonds. The lowest BCUT2D eigenvalue weighted by atomic mass is 10.0. The van der Waals surface area contributed by atoms with E-state index in [2.05, 4.69) is 88.4 Å². The summed E-state index contributed by atoms with van der Waals surface area (Å²) >= 11 is 0. The van der Waals surface area contributed by atoms with Crippen LogP contribution in [0.4, 0.5) is 17.3 Å². The molecule has 1 N–H and O–H groups in total. The van der Waals surface area contributed by atoms with Crippen LogP contribution in [0, 0.1) is 6.92 Å². The van der Waals surface area contributed by atoms with E-state index in [1.165, 1.54) is 50.3 Å². The smallest absolute Gasteiger partial charge is 0.229 e. The molecule has 0 bridgehead atoms. The number of methoxy groups -OCH3 is 1. The van der Waals surface area contributed by atoms with Gasteiger partial charge in [0, 0.05) is 93.2 Å². The molecule has 232 valence electrons. The molecule has 6 rings (SSSR count). The molecule has 2 saturated heterocycles. The van der Waals surface area contributed by atoms with Gasteiger partial charge in [0.1, 0.15) is 5.75 Å². The third kappa shape index (κ3) is 6.72. The summed E-state index contributed by atoms with van der Waals surface area (Å²) in [5.74, 6) is 1.96. The van der Waals surface area contributed by atoms with Crippen LogP contribution in [-0.2, 0) is 6.54 Å². The lowest BCUT2D eigenvalue weighted by Crippen LogP contribution is -2.52. The Morgan fingerprint density at radius 2 is 1.73 bits per heavy atom. The number of benzene rings is 2. The quantitative estimate of drug-likeness (QED) is 0.297. The SMILES string of the molecule is COc1cc(N2CCC(N3CCN(C)CC3)CC2)c(C)cc1Nc1nccc(-n2cc(CN(C)C)c(-c3ccccc3)n2)n1. The summed E-state index contributed by atoms with van der Waals surface area (Å²) in [5.41, 5.74) is 6.45. The first kappa shape index (κ1) is 30.1. The number of hydrogen-bond donors (Lipinski definition) is 1. The second-order valence-corrected chi connectivity index (χ2v) is 12.3. The average Bonchev–Trinajstić information content (AvgIpc) is 3.45. The van der Waals surface area contributed by atoms with Crippen molar-refractivity contribution < 1.29 is 4.74 Å². The summed E-state index contributed by atoms with van der Waals surface area (Å²) in [6, 6.07) is 17.1. The Balaban J connectivity index is 1.19. The first-order valence-electron chi connectivity index (χ1n) is 15.6. The van der Waals surface area contributed by atoms with Gasteiger partial charge in [-0.15, -0.1) is 0 Å². The summed E-state index contributed by atoms with van der Waals surface area (Å²) in [5, 5.41) is 8.36. The number of ether oxygens (including phenoxy) is 1. The molecule has 0 aliphatic carbocycles. The molecule has 2 aromatic heterocycles. The van der Waals surface area contributed by atoms with Crippen LogP contribution in [0.2, 0.25) is 0 Å². The maximum absolute atomic E-state index is 5.87. The Labute approximate surface area is 261 Å². The predicted octanol–water partition coefficient (Wildman–Crippen LogP) is 4.67. The Morgan fingerprint density at radius 3 is 2.43 bits per heavy atom. The van der Waals surface area contributed by atoms with Crippen molar-refractivity contribution in [3.05, 3.63) is 72.1 Å². The molecule has 2 fully saturated rings. The number of anilines is 3. The molecule has 4 aromatic rings. The van der Waals surface area contributed by atoms with Gasteiger partial charge >= 0.3 is 0 Å². The number of piperazine rings is 1. The maximum Gasteiger partial charge on any atom is 0.229 e. The summed E-state index contributed by atoms with van der Waals surface area (Å²) in [4.78, 5) is 19.1. The normalized spacial score (nSPS) is 16.9. The number of piperidine rings is 1. The first-order chi connectivity index (χ1) is 21.4. The van der Waals surface area contributed by atoms with Gasteiger partial charge in [-0.25, -0.2) is 9.67 Å². The van der Waals surface area contributed by atoms with Crippen molar-refractivity contribution in [2.75, 3.05) is 77.7 Å². The number of nitrogens with zero attached hydrogens (tertiary/aromatic N) is 8. The number of aryl methyl sites for hydroxylation is 1. The fourth-order valence-electron chi connectivity index (χ4n) is 6.42. The van der Waals surface area contributed by atoms with Crippen LogP contribution in [0.3, 0.4) is 0 Å². The zero-order chi connectivity index (χ0) is 30.6. The molecule has 10 nitrogen and oxygen atoms in total. The molecule has 2 aromatic carbocycles. The lowest BCUT2D eigenvalue weighted by molar-refractivity contribution is 0.0982. The van der Waals surface area contributed by atoms with Crippen LogP contribution in [0.5, 0.6) is 5.75 Å². The van der Waals surface area contributed by atoms with E-state index in [0.717, 1.165) is 47.9 Å². The highest BCUT2D eigenvalue weighted by Gasteiger charge is 2.27. The van der Waals surface area contributed by atoms with Crippen LogP contribution in [0.25, 0.3) is 17.1 Å². The van der Waals surface area contributed by atoms with Gasteiger partial charge in [0.15, 0.2) is 5.82 Å². The molecular weight excluding hydrogens is 550 g/mol. The van der Waals surface area contributed by atoms with Gasteiger partial charge in [0.2, 0.25) is 5.95 Å². The second-order valence-electron chi connectivity index (χ2n) is 12.3. The zero-order valence-electron chi connectivity index (χ0n) is 26.7. The largest absolute Gasteiger partial charge is 0.494 e. The minimum atomic E-state index is 0.492. The van der Waals surface area contributed by atoms with Crippen LogP contribution in [0.15, 0.2) is 60.9 Å². The van der Waals surface area contributed by atoms with Gasteiger partial charge in [-0.1, -0.05) is 30.3 Å². The molecule has 2 aliphatic rings. The summed E-state index contributed by atoms with van der Waals surface area (Å²) in [6.45, 7) is 9.78. The van der Waals surface area contributed by atoms with E-state index < -0.39 is 0 Å². The van der Waals surface area contributed by atoms with Gasteiger partial charge < -0.3 is 24.8 Å². The molecule has 44 heavy (non-hydrogen) atoms. The zero-order valence-corrected chi connectivity index (χ0v) is 26.7. The highest BCUT2D eigenvalue weighted by molar-refractivity contribution is 5.71. The van der Waals surface area contributed by atoms with Crippen molar-refractivity contribution in [3.8, 4) is 22.8 Å². The van der Waals surface area contributed by atoms with E-state index in [-0.39, 0.29) is 0 Å². The lowest BCUT2D eigenvalue weighted by Gasteiger charge is -2.43. The van der Waals surface area contributed by atoms with Crippen molar-refractivity contribution in [1.82, 2.24) is 34.4 Å². The highest BCUT2D eigenvalue weighted by Crippen LogP contribution is 2.36. The van der Waals surface area contributed by atoms with E-state index in [4.69, 9.17) is 14.8 Å². The average molecular weight is 596 g/mol. The van der Waals surface area contributed by atoms with E-state index in [9.17, 15) is 0 Å². The monoisotopic (exact) mass is 595 g/mol. The highest BCUT2D eigenvalue weighted by atomic mass is 16.5. The molecule has 0 unspecified atom stereocenters. The molecule has 0 saturated carbocycles. The minimum absolute atomic E-state index is 0.492. The molecule has 2 aliphatic heterocycles. The molecular formula is C34H45N9O. The van der Waals surface area contributed by atoms with E-state index in [1.807, 2.05) is 28.9 Å². The van der Waals surface area contributed by atoms with Crippen molar-refractivity contribution in [3.63, 3.8) is 0 Å². The number of likely N-dealkylation sites (N-methyl/N-ethyl adjacent to an activating group) is 1. The Morgan fingerprint density at radius 1 is 0.977 bits per heavy atom. The topological polar surface area (TPSA) is 77.8 Å². The van der Waals surface area contributed by atoms with Crippen LogP contribution in [0.1, 0.15) is 24.0 Å². The summed E-state index contributed by atoms with van der Waals surface area (Å²) in [7, 11) is 8.07. The number of hydrogen-bond acceptors (Lipinski definition) is 9. The number of rotatable bonds is 9. The van der Waals surface area contributed by atoms with E-state index >= 15 is 0 Å². The van der Waals surface area contributed by atoms with E-state index in [1.54, 1.807) is 13.3 Å². The van der Waals surface area contributed by atoms with Crippen LogP contribution in [-0.4, -0.2) is 108 Å². The molecule has 4 heterocycles. The Hall–Kier alpha value is -3.99. The summed E-state index contributed by atoms with van der Waals surface area (Å²) < 4.78 is 7.71. The predicted molar refractivity (Wildman–Crippen MR) is 177 cm³/mol. The number of nitrogens with one attached hydrogen (secondary N) is 1. The van der Waals surface area contributed by atoms with Gasteiger partial charge in [0.25, 0.3) is 0 Å². The first-order valence-corrected chi connectivity index (χ1v) is 15.6. The second kappa shape index (κ2) is 13.3. The fourth-order valence-corrected chi connectivity index (χ4v) is 6.42. The van der Waals surface area contributed by atoms with Crippen LogP contribution >= 0.6 is 0 Å². The van der Waals surface area contributed by atoms with Gasteiger partial charge in [-0.05, 0) is 52.5 Å². The van der Waals surface area contributed by atoms with E-state index in [0.29, 0.717) is 17.8 Å². The third-order valence-corrected chi connectivity index (χ3v) is 8.82. The number of aromatic nitrogens is 4. The van der Waals surface area contributed by atoms with Crippen molar-refractivity contribution in [2.45, 2.75) is 32.4 Å². The Kier molecular flexibility index (Phi) is 9.11. The Bertz CT molecular complexity index is 1540. The fraction of sp³-hybridized carbons (Fsp3) is 0.441. The molecule has 0 spiro atoms. The third-order valence-electron chi connectivity index (χ3n) is 8.82. The standard InChI is InChI=1S/C34H45N9O/c1-25-21-29(31(44-5)22-30(25)42-15-12-28(13-16-42)41-19-17-40(4)18-20-41)36-34-35-14-11-32(37-34)43-24-27(23-39(2)3)33(38-43)26-9-7-6-8-10-26/h6-11,14,21-22,24,28H,12-13,15-20,23H2,1-5H3,(H,35,36,37). The molecule has 10 heteroatoms. The maximum atomic E-state index is 5.87. The van der Waals surface area contributed by atoms with Gasteiger partial charge in [-0.2, -0.15) is 10.1 Å². The van der Waals surface area contributed by atoms with Crippen LogP contribution < -0.4 is 15.0 Å². The van der Waals surface area contributed by atoms with Gasteiger partial charge in [0.05, 0.1) is 18.5 Å². The van der Waals surface area contributed by atoms with Crippen molar-refractivity contribution >= 4 is 17.3 Å². The van der Waals surface area contributed by atoms with Crippen molar-refractivity contribution in [1.29, 1.82) is 0 Å². The summed E-state index contributed by atoms with van der Waals surface area (Å²) in [6.07, 6.45) is 6.21. The van der Waals surface area contributed by atoms with Gasteiger partial charge in [-0.3, -0.25) is 4.90 Å². The minimum Gasteiger partial charge on any atom is -0.494 e. The van der Waals surface area contributed by atoms with Crippen molar-refractivity contribution in [2.24, 2.45) is 0 Å². The molecule has 0 radical (unpaired) electrons.